The molecule has 0 heterocycles. The van der Waals surface area contributed by atoms with Crippen molar-refractivity contribution in [2.24, 2.45) is 0 Å². The fraction of sp³-hybridized carbons (Fsp3) is 0.333. The van der Waals surface area contributed by atoms with Gasteiger partial charge in [0.05, 0.1) is 0 Å². The van der Waals surface area contributed by atoms with Crippen molar-refractivity contribution in [3.05, 3.63) is 69.2 Å². The summed E-state index contributed by atoms with van der Waals surface area (Å²) >= 11 is 9.48. The molecule has 0 fully saturated rings. The summed E-state index contributed by atoms with van der Waals surface area (Å²) in [4.78, 5) is 0. The molecule has 0 aliphatic rings. The number of benzene rings is 2. The Bertz CT molecular complexity index is 568. The summed E-state index contributed by atoms with van der Waals surface area (Å²) in [7, 11) is 0. The highest BCUT2D eigenvalue weighted by atomic mass is 79.9. The lowest BCUT2D eigenvalue weighted by atomic mass is 10.0. The van der Waals surface area contributed by atoms with Gasteiger partial charge in [-0.25, -0.2) is 0 Å². The molecule has 3 heteroatoms. The zero-order chi connectivity index (χ0) is 15.2. The number of rotatable bonds is 6. The Morgan fingerprint density at radius 1 is 1.14 bits per heavy atom. The highest BCUT2D eigenvalue weighted by Gasteiger charge is 2.13. The zero-order valence-electron chi connectivity index (χ0n) is 12.4. The molecule has 2 unspecified atom stereocenters. The molecule has 2 rings (SSSR count). The van der Waals surface area contributed by atoms with Crippen LogP contribution in [-0.2, 0) is 6.42 Å². The topological polar surface area (TPSA) is 12.0 Å². The van der Waals surface area contributed by atoms with Crippen molar-refractivity contribution >= 4 is 27.5 Å². The number of hydrogen-bond acceptors (Lipinski definition) is 1. The van der Waals surface area contributed by atoms with E-state index in [-0.39, 0.29) is 0 Å². The first-order valence-corrected chi connectivity index (χ1v) is 8.51. The molecule has 0 aliphatic heterocycles. The van der Waals surface area contributed by atoms with Crippen molar-refractivity contribution in [3.63, 3.8) is 0 Å². The van der Waals surface area contributed by atoms with Crippen LogP contribution >= 0.6 is 27.5 Å². The van der Waals surface area contributed by atoms with E-state index < -0.39 is 0 Å². The molecule has 21 heavy (non-hydrogen) atoms. The first kappa shape index (κ1) is 16.5. The van der Waals surface area contributed by atoms with Crippen molar-refractivity contribution in [1.29, 1.82) is 0 Å². The Labute approximate surface area is 140 Å². The summed E-state index contributed by atoms with van der Waals surface area (Å²) in [6, 6.07) is 17.4. The maximum atomic E-state index is 5.93. The Morgan fingerprint density at radius 2 is 1.86 bits per heavy atom. The summed E-state index contributed by atoms with van der Waals surface area (Å²) < 4.78 is 1.13. The summed E-state index contributed by atoms with van der Waals surface area (Å²) in [5.41, 5.74) is 2.64. The third-order valence-corrected chi connectivity index (χ3v) is 4.35. The summed E-state index contributed by atoms with van der Waals surface area (Å²) in [5, 5.41) is 4.51. The van der Waals surface area contributed by atoms with Crippen LogP contribution in [0.25, 0.3) is 0 Å². The molecule has 1 N–H and O–H groups in total. The van der Waals surface area contributed by atoms with Gasteiger partial charge in [0.25, 0.3) is 0 Å². The van der Waals surface area contributed by atoms with Crippen molar-refractivity contribution in [1.82, 2.24) is 5.32 Å². The van der Waals surface area contributed by atoms with Gasteiger partial charge >= 0.3 is 0 Å². The van der Waals surface area contributed by atoms with E-state index in [4.69, 9.17) is 11.6 Å². The molecule has 0 spiro atoms. The summed E-state index contributed by atoms with van der Waals surface area (Å²) in [6.45, 7) is 4.45. The number of nitrogens with one attached hydrogen (secondary N) is 1. The van der Waals surface area contributed by atoms with Crippen LogP contribution in [0.2, 0.25) is 5.02 Å². The van der Waals surface area contributed by atoms with Gasteiger partial charge in [-0.1, -0.05) is 58.7 Å². The van der Waals surface area contributed by atoms with E-state index in [0.717, 1.165) is 22.3 Å². The van der Waals surface area contributed by atoms with E-state index in [1.54, 1.807) is 0 Å². The van der Waals surface area contributed by atoms with E-state index in [2.05, 4.69) is 71.5 Å². The Balaban J connectivity index is 1.99. The number of halogens is 2. The quantitative estimate of drug-likeness (QED) is 0.684. The van der Waals surface area contributed by atoms with E-state index >= 15 is 0 Å². The minimum atomic E-state index is 0.379. The highest BCUT2D eigenvalue weighted by Crippen LogP contribution is 2.22. The van der Waals surface area contributed by atoms with Gasteiger partial charge in [0.15, 0.2) is 0 Å². The lowest BCUT2D eigenvalue weighted by Crippen LogP contribution is -2.31. The van der Waals surface area contributed by atoms with Crippen LogP contribution in [0.4, 0.5) is 0 Å². The predicted molar refractivity (Wildman–Crippen MR) is 94.9 cm³/mol. The van der Waals surface area contributed by atoms with Gasteiger partial charge < -0.3 is 5.32 Å². The normalized spacial score (nSPS) is 13.9. The van der Waals surface area contributed by atoms with Gasteiger partial charge in [-0.2, -0.15) is 0 Å². The van der Waals surface area contributed by atoms with Gasteiger partial charge in [0.1, 0.15) is 0 Å². The lowest BCUT2D eigenvalue weighted by molar-refractivity contribution is 0.443. The third-order valence-electron chi connectivity index (χ3n) is 3.60. The number of hydrogen-bond donors (Lipinski definition) is 1. The van der Waals surface area contributed by atoms with E-state index in [1.807, 2.05) is 12.1 Å². The smallest absolute Gasteiger partial charge is 0.0406 e. The van der Waals surface area contributed by atoms with Gasteiger partial charge in [-0.15, -0.1) is 0 Å². The van der Waals surface area contributed by atoms with Crippen molar-refractivity contribution in [3.8, 4) is 0 Å². The van der Waals surface area contributed by atoms with E-state index in [0.29, 0.717) is 12.1 Å². The Morgan fingerprint density at radius 3 is 2.48 bits per heavy atom. The van der Waals surface area contributed by atoms with Crippen LogP contribution in [0.15, 0.2) is 53.0 Å². The van der Waals surface area contributed by atoms with Gasteiger partial charge in [-0.3, -0.25) is 0 Å². The Kier molecular flexibility index (Phi) is 6.28. The maximum Gasteiger partial charge on any atom is 0.0406 e. The standard InChI is InChI=1S/C18H21BrClN/c1-3-18(15-5-4-6-16(19)12-15)21-13(2)11-14-7-9-17(20)10-8-14/h4-10,12-13,18,21H,3,11H2,1-2H3. The third kappa shape index (κ3) is 5.14. The van der Waals surface area contributed by atoms with Crippen molar-refractivity contribution in [2.75, 3.05) is 0 Å². The van der Waals surface area contributed by atoms with Crippen LogP contribution in [-0.4, -0.2) is 6.04 Å². The molecule has 0 saturated carbocycles. The molecule has 1 nitrogen and oxygen atoms in total. The molecule has 0 saturated heterocycles. The molecule has 112 valence electrons. The second kappa shape index (κ2) is 7.98. The summed E-state index contributed by atoms with van der Waals surface area (Å²) in [6.07, 6.45) is 2.07. The first-order chi connectivity index (χ1) is 10.1. The molecule has 0 bridgehead atoms. The van der Waals surface area contributed by atoms with Gasteiger partial charge in [0, 0.05) is 21.6 Å². The monoisotopic (exact) mass is 365 g/mol. The van der Waals surface area contributed by atoms with Crippen LogP contribution in [0.3, 0.4) is 0 Å². The maximum absolute atomic E-state index is 5.93. The van der Waals surface area contributed by atoms with Crippen LogP contribution in [0.5, 0.6) is 0 Å². The molecule has 2 aromatic carbocycles. The second-order valence-corrected chi connectivity index (χ2v) is 6.77. The second-order valence-electron chi connectivity index (χ2n) is 5.41. The fourth-order valence-corrected chi connectivity index (χ4v) is 3.09. The zero-order valence-corrected chi connectivity index (χ0v) is 14.8. The minimum Gasteiger partial charge on any atom is -0.307 e. The molecule has 0 aromatic heterocycles. The van der Waals surface area contributed by atoms with Crippen LogP contribution in [0, 0.1) is 0 Å². The molecule has 0 amide bonds. The van der Waals surface area contributed by atoms with Crippen molar-refractivity contribution in [2.45, 2.75) is 38.8 Å². The molecule has 0 aliphatic carbocycles. The fourth-order valence-electron chi connectivity index (χ4n) is 2.55. The van der Waals surface area contributed by atoms with Crippen molar-refractivity contribution < 1.29 is 0 Å². The minimum absolute atomic E-state index is 0.379. The first-order valence-electron chi connectivity index (χ1n) is 7.34. The molecule has 0 radical (unpaired) electrons. The average molecular weight is 367 g/mol. The van der Waals surface area contributed by atoms with E-state index in [9.17, 15) is 0 Å². The summed E-state index contributed by atoms with van der Waals surface area (Å²) in [5.74, 6) is 0. The molecular formula is C18H21BrClN. The molecular weight excluding hydrogens is 346 g/mol. The lowest BCUT2D eigenvalue weighted by Gasteiger charge is -2.23. The largest absolute Gasteiger partial charge is 0.307 e. The molecule has 2 aromatic rings. The van der Waals surface area contributed by atoms with Gasteiger partial charge in [-0.05, 0) is 55.2 Å². The Hall–Kier alpha value is -0.830. The predicted octanol–water partition coefficient (Wildman–Crippen LogP) is 5.77. The molecule has 2 atom stereocenters. The van der Waals surface area contributed by atoms with Crippen LogP contribution < -0.4 is 5.32 Å². The van der Waals surface area contributed by atoms with E-state index in [1.165, 1.54) is 11.1 Å². The van der Waals surface area contributed by atoms with Crippen LogP contribution in [0.1, 0.15) is 37.4 Å². The highest BCUT2D eigenvalue weighted by molar-refractivity contribution is 9.10. The average Bonchev–Trinajstić information content (AvgIpc) is 2.47. The van der Waals surface area contributed by atoms with Gasteiger partial charge in [0.2, 0.25) is 0 Å². The SMILES string of the molecule is CCC(NC(C)Cc1ccc(Cl)cc1)c1cccc(Br)c1.